The summed E-state index contributed by atoms with van der Waals surface area (Å²) in [5.41, 5.74) is 14.1. The number of aromatic nitrogens is 3. The molecule has 272 valence electrons. The van der Waals surface area contributed by atoms with Crippen LogP contribution >= 0.6 is 0 Å². The Hall–Kier alpha value is -7.28. The summed E-state index contributed by atoms with van der Waals surface area (Å²) in [4.78, 5) is 16.0. The normalized spacial score (nSPS) is 15.9. The maximum Gasteiger partial charge on any atom is 0.207 e. The fourth-order valence-electron chi connectivity index (χ4n) is 9.76. The van der Waals surface area contributed by atoms with Gasteiger partial charge in [-0.05, 0) is 73.8 Å². The SMILES string of the molecule is O=S1(=O)c2ccccc2-c2c1ccc1c2-c2ccccc2C12c1ccccc1-c1ccccc1-c1ccc(-c3nc(-c4ccccc4)nc(-c4ccccc4)n3)cc12. The van der Waals surface area contributed by atoms with Gasteiger partial charge in [-0.1, -0.05) is 170 Å². The van der Waals surface area contributed by atoms with Crippen LogP contribution in [0.25, 0.3) is 78.7 Å². The van der Waals surface area contributed by atoms with Crippen molar-refractivity contribution in [2.75, 3.05) is 0 Å². The lowest BCUT2D eigenvalue weighted by atomic mass is 9.65. The highest BCUT2D eigenvalue weighted by molar-refractivity contribution is 7.92. The van der Waals surface area contributed by atoms with Crippen LogP contribution in [-0.2, 0) is 15.3 Å². The van der Waals surface area contributed by atoms with Gasteiger partial charge in [0.25, 0.3) is 0 Å². The predicted molar refractivity (Wildman–Crippen MR) is 229 cm³/mol. The maximum absolute atomic E-state index is 14.2. The molecule has 0 bridgehead atoms. The average molecular weight is 762 g/mol. The van der Waals surface area contributed by atoms with Crippen LogP contribution < -0.4 is 0 Å². The molecule has 0 saturated heterocycles. The van der Waals surface area contributed by atoms with Crippen LogP contribution in [0.4, 0.5) is 0 Å². The zero-order valence-corrected chi connectivity index (χ0v) is 31.8. The molecule has 1 spiro atoms. The van der Waals surface area contributed by atoms with Gasteiger partial charge in [-0.3, -0.25) is 0 Å². The summed E-state index contributed by atoms with van der Waals surface area (Å²) >= 11 is 0. The van der Waals surface area contributed by atoms with E-state index in [0.29, 0.717) is 27.3 Å². The van der Waals surface area contributed by atoms with Gasteiger partial charge in [-0.15, -0.1) is 0 Å². The quantitative estimate of drug-likeness (QED) is 0.179. The van der Waals surface area contributed by atoms with Crippen molar-refractivity contribution < 1.29 is 8.42 Å². The van der Waals surface area contributed by atoms with Gasteiger partial charge in [0.2, 0.25) is 9.84 Å². The van der Waals surface area contributed by atoms with E-state index in [1.54, 1.807) is 6.07 Å². The summed E-state index contributed by atoms with van der Waals surface area (Å²) < 4.78 is 28.4. The summed E-state index contributed by atoms with van der Waals surface area (Å²) in [5, 5.41) is 0. The van der Waals surface area contributed by atoms with Crippen LogP contribution in [0.15, 0.2) is 198 Å². The topological polar surface area (TPSA) is 72.8 Å². The molecule has 9 aromatic rings. The van der Waals surface area contributed by atoms with E-state index in [2.05, 4.69) is 97.1 Å². The zero-order valence-electron chi connectivity index (χ0n) is 31.0. The molecule has 1 unspecified atom stereocenters. The number of hydrogen-bond donors (Lipinski definition) is 0. The van der Waals surface area contributed by atoms with E-state index >= 15 is 0 Å². The first-order chi connectivity index (χ1) is 28.5. The van der Waals surface area contributed by atoms with Gasteiger partial charge < -0.3 is 0 Å². The smallest absolute Gasteiger partial charge is 0.207 e. The second-order valence-corrected chi connectivity index (χ2v) is 16.9. The molecule has 8 aromatic carbocycles. The number of rotatable bonds is 3. The third-order valence-corrected chi connectivity index (χ3v) is 14.0. The van der Waals surface area contributed by atoms with Crippen LogP contribution in [-0.4, -0.2) is 23.4 Å². The second kappa shape index (κ2) is 12.1. The largest absolute Gasteiger partial charge is 0.218 e. The van der Waals surface area contributed by atoms with E-state index in [1.807, 2.05) is 84.9 Å². The average Bonchev–Trinajstić information content (AvgIpc) is 3.68. The van der Waals surface area contributed by atoms with Crippen LogP contribution in [0, 0.1) is 0 Å². The molecule has 0 saturated carbocycles. The molecule has 0 fully saturated rings. The Kier molecular flexibility index (Phi) is 6.87. The molecule has 0 radical (unpaired) electrons. The first kappa shape index (κ1) is 32.9. The molecule has 5 nitrogen and oxygen atoms in total. The minimum Gasteiger partial charge on any atom is -0.218 e. The number of sulfone groups is 1. The lowest BCUT2D eigenvalue weighted by Crippen LogP contribution is -2.29. The third kappa shape index (κ3) is 4.40. The molecule has 0 N–H and O–H groups in total. The molecule has 1 atom stereocenters. The number of hydrogen-bond acceptors (Lipinski definition) is 5. The van der Waals surface area contributed by atoms with Crippen molar-refractivity contribution >= 4 is 9.84 Å². The first-order valence-corrected chi connectivity index (χ1v) is 20.8. The highest BCUT2D eigenvalue weighted by Gasteiger charge is 2.52. The molecule has 1 aromatic heterocycles. The molecule has 2 heterocycles. The van der Waals surface area contributed by atoms with Crippen LogP contribution in [0.3, 0.4) is 0 Å². The second-order valence-electron chi connectivity index (χ2n) is 15.0. The van der Waals surface area contributed by atoms with Gasteiger partial charge in [0.1, 0.15) is 0 Å². The monoisotopic (exact) mass is 761 g/mol. The van der Waals surface area contributed by atoms with E-state index in [4.69, 9.17) is 15.0 Å². The van der Waals surface area contributed by atoms with E-state index in [1.165, 1.54) is 0 Å². The standard InChI is InChI=1S/C52H31N3O2S/c56-58(57)45-26-14-11-23-40(45)48-46(58)30-29-43-47(48)39-22-10-13-25-42(39)52(43)41-24-12-9-21-37(41)35-19-7-8-20-36(35)38-28-27-34(31-44(38)52)51-54-49(32-15-3-1-4-16-32)53-50(55-51)33-17-5-2-6-18-33/h1-31H. The van der Waals surface area contributed by atoms with Crippen molar-refractivity contribution in [3.05, 3.63) is 210 Å². The number of fused-ring (bicyclic) bond motifs is 16. The summed E-state index contributed by atoms with van der Waals surface area (Å²) in [6, 6.07) is 63.9. The Morgan fingerprint density at radius 2 is 0.810 bits per heavy atom. The lowest BCUT2D eigenvalue weighted by molar-refractivity contribution is 0.598. The van der Waals surface area contributed by atoms with E-state index in [-0.39, 0.29) is 0 Å². The molecule has 3 aliphatic rings. The fourth-order valence-corrected chi connectivity index (χ4v) is 11.4. The van der Waals surface area contributed by atoms with E-state index in [0.717, 1.165) is 83.5 Å². The minimum atomic E-state index is -3.72. The summed E-state index contributed by atoms with van der Waals surface area (Å²) in [6.45, 7) is 0. The number of benzene rings is 8. The first-order valence-electron chi connectivity index (χ1n) is 19.4. The maximum atomic E-state index is 14.2. The predicted octanol–water partition coefficient (Wildman–Crippen LogP) is 11.7. The molecule has 6 heteroatoms. The highest BCUT2D eigenvalue weighted by Crippen LogP contribution is 2.64. The molecule has 58 heavy (non-hydrogen) atoms. The van der Waals surface area contributed by atoms with Crippen molar-refractivity contribution in [2.45, 2.75) is 15.2 Å². The molecular formula is C52H31N3O2S. The Balaban J connectivity index is 1.22. The van der Waals surface area contributed by atoms with Crippen LogP contribution in [0.2, 0.25) is 0 Å². The molecule has 0 amide bonds. The Bertz CT molecular complexity index is 3250. The molecule has 12 rings (SSSR count). The van der Waals surface area contributed by atoms with Crippen LogP contribution in [0.1, 0.15) is 22.3 Å². The Labute approximate surface area is 336 Å². The fraction of sp³-hybridized carbons (Fsp3) is 0.0192. The van der Waals surface area contributed by atoms with Crippen molar-refractivity contribution in [3.8, 4) is 78.7 Å². The van der Waals surface area contributed by atoms with E-state index < -0.39 is 15.3 Å². The molecule has 2 aliphatic carbocycles. The van der Waals surface area contributed by atoms with Gasteiger partial charge in [-0.2, -0.15) is 0 Å². The van der Waals surface area contributed by atoms with Crippen molar-refractivity contribution in [1.82, 2.24) is 15.0 Å². The van der Waals surface area contributed by atoms with Gasteiger partial charge in [0.05, 0.1) is 15.2 Å². The Morgan fingerprint density at radius 3 is 1.45 bits per heavy atom. The third-order valence-electron chi connectivity index (χ3n) is 12.1. The zero-order chi connectivity index (χ0) is 38.6. The minimum absolute atomic E-state index is 0.352. The molecule has 1 aliphatic heterocycles. The van der Waals surface area contributed by atoms with Gasteiger partial charge in [0, 0.05) is 27.8 Å². The van der Waals surface area contributed by atoms with Gasteiger partial charge in [-0.25, -0.2) is 23.4 Å². The van der Waals surface area contributed by atoms with E-state index in [9.17, 15) is 8.42 Å². The summed E-state index contributed by atoms with van der Waals surface area (Å²) in [5.74, 6) is 1.76. The van der Waals surface area contributed by atoms with Crippen molar-refractivity contribution in [3.63, 3.8) is 0 Å². The van der Waals surface area contributed by atoms with Crippen molar-refractivity contribution in [1.29, 1.82) is 0 Å². The molecular weight excluding hydrogens is 731 g/mol. The van der Waals surface area contributed by atoms with Crippen LogP contribution in [0.5, 0.6) is 0 Å². The van der Waals surface area contributed by atoms with Gasteiger partial charge in [0.15, 0.2) is 17.5 Å². The lowest BCUT2D eigenvalue weighted by Gasteiger charge is -2.35. The summed E-state index contributed by atoms with van der Waals surface area (Å²) in [7, 11) is -3.72. The highest BCUT2D eigenvalue weighted by atomic mass is 32.2. The van der Waals surface area contributed by atoms with Crippen molar-refractivity contribution in [2.24, 2.45) is 0 Å². The number of nitrogens with zero attached hydrogens (tertiary/aromatic N) is 3. The summed E-state index contributed by atoms with van der Waals surface area (Å²) in [6.07, 6.45) is 0. The Morgan fingerprint density at radius 1 is 0.328 bits per heavy atom. The van der Waals surface area contributed by atoms with Gasteiger partial charge >= 0.3 is 0 Å².